The molecule has 2 aromatic carbocycles. The van der Waals surface area contributed by atoms with Crippen LogP contribution in [0.3, 0.4) is 0 Å². The lowest BCUT2D eigenvalue weighted by molar-refractivity contribution is 0.626. The van der Waals surface area contributed by atoms with Crippen molar-refractivity contribution in [3.05, 3.63) is 63.6 Å². The van der Waals surface area contributed by atoms with Crippen LogP contribution < -0.4 is 0 Å². The van der Waals surface area contributed by atoms with E-state index < -0.39 is 0 Å². The maximum Gasteiger partial charge on any atom is 0.125 e. The van der Waals surface area contributed by atoms with Crippen molar-refractivity contribution in [2.45, 2.75) is 12.4 Å². The molecular formula is C15H10Cl3FN2. The van der Waals surface area contributed by atoms with Crippen LogP contribution in [0, 0.1) is 5.82 Å². The van der Waals surface area contributed by atoms with E-state index in [-0.39, 0.29) is 11.7 Å². The number of hydrogen-bond acceptors (Lipinski definition) is 1. The molecule has 0 aliphatic rings. The molecule has 0 saturated carbocycles. The van der Waals surface area contributed by atoms with Crippen LogP contribution in [0.15, 0.2) is 36.4 Å². The zero-order chi connectivity index (χ0) is 15.0. The van der Waals surface area contributed by atoms with Crippen LogP contribution in [0.25, 0.3) is 11.0 Å². The standard InChI is InChI=1S/C15H10Cl3FN2/c16-7-15-20-13-5-11(17)12(18)6-14(13)21(15)8-9-1-3-10(19)4-2-9/h1-6H,7-8H2. The Bertz CT molecular complexity index is 797. The summed E-state index contributed by atoms with van der Waals surface area (Å²) in [6.45, 7) is 0.538. The van der Waals surface area contributed by atoms with Gasteiger partial charge in [-0.1, -0.05) is 35.3 Å². The van der Waals surface area contributed by atoms with Crippen LogP contribution in [0.4, 0.5) is 4.39 Å². The summed E-state index contributed by atoms with van der Waals surface area (Å²) in [5, 5.41) is 0.919. The summed E-state index contributed by atoms with van der Waals surface area (Å²) >= 11 is 18.1. The number of alkyl halides is 1. The SMILES string of the molecule is Fc1ccc(Cn2c(CCl)nc3cc(Cl)c(Cl)cc32)cc1. The van der Waals surface area contributed by atoms with Gasteiger partial charge >= 0.3 is 0 Å². The number of halogens is 4. The fourth-order valence-corrected chi connectivity index (χ4v) is 2.74. The molecule has 21 heavy (non-hydrogen) atoms. The molecular weight excluding hydrogens is 334 g/mol. The van der Waals surface area contributed by atoms with E-state index in [0.717, 1.165) is 16.6 Å². The van der Waals surface area contributed by atoms with E-state index in [2.05, 4.69) is 4.98 Å². The Morgan fingerprint density at radius 3 is 2.38 bits per heavy atom. The number of nitrogens with zero attached hydrogens (tertiary/aromatic N) is 2. The monoisotopic (exact) mass is 342 g/mol. The minimum Gasteiger partial charge on any atom is -0.322 e. The Balaban J connectivity index is 2.11. The van der Waals surface area contributed by atoms with Gasteiger partial charge in [0.05, 0.1) is 27.0 Å². The Morgan fingerprint density at radius 2 is 1.71 bits per heavy atom. The summed E-state index contributed by atoms with van der Waals surface area (Å²) in [6, 6.07) is 9.81. The van der Waals surface area contributed by atoms with Gasteiger partial charge in [0.2, 0.25) is 0 Å². The van der Waals surface area contributed by atoms with Gasteiger partial charge < -0.3 is 4.57 Å². The second-order valence-corrected chi connectivity index (χ2v) is 5.71. The van der Waals surface area contributed by atoms with Gasteiger partial charge in [-0.05, 0) is 29.8 Å². The molecule has 0 unspecified atom stereocenters. The molecule has 1 aromatic heterocycles. The molecule has 0 spiro atoms. The molecule has 3 rings (SSSR count). The minimum atomic E-state index is -0.262. The molecule has 0 amide bonds. The van der Waals surface area contributed by atoms with Crippen molar-refractivity contribution in [1.29, 1.82) is 0 Å². The number of hydrogen-bond donors (Lipinski definition) is 0. The highest BCUT2D eigenvalue weighted by Crippen LogP contribution is 2.29. The largest absolute Gasteiger partial charge is 0.322 e. The third kappa shape index (κ3) is 2.86. The van der Waals surface area contributed by atoms with Gasteiger partial charge in [0.15, 0.2) is 0 Å². The lowest BCUT2D eigenvalue weighted by Gasteiger charge is -2.08. The van der Waals surface area contributed by atoms with E-state index in [4.69, 9.17) is 34.8 Å². The van der Waals surface area contributed by atoms with Crippen molar-refractivity contribution in [2.75, 3.05) is 0 Å². The Kier molecular flexibility index (Phi) is 4.07. The molecule has 0 N–H and O–H groups in total. The van der Waals surface area contributed by atoms with Crippen molar-refractivity contribution in [3.63, 3.8) is 0 Å². The van der Waals surface area contributed by atoms with Gasteiger partial charge in [0.1, 0.15) is 11.6 Å². The summed E-state index contributed by atoms with van der Waals surface area (Å²) in [6.07, 6.45) is 0. The maximum absolute atomic E-state index is 13.0. The molecule has 3 aromatic rings. The number of aromatic nitrogens is 2. The Hall–Kier alpha value is -1.29. The van der Waals surface area contributed by atoms with Crippen molar-refractivity contribution in [2.24, 2.45) is 0 Å². The van der Waals surface area contributed by atoms with E-state index in [0.29, 0.717) is 22.4 Å². The first-order valence-electron chi connectivity index (χ1n) is 6.23. The number of benzene rings is 2. The van der Waals surface area contributed by atoms with E-state index in [1.54, 1.807) is 24.3 Å². The lowest BCUT2D eigenvalue weighted by Crippen LogP contribution is -2.03. The molecule has 0 saturated heterocycles. The predicted molar refractivity (Wildman–Crippen MR) is 84.8 cm³/mol. The zero-order valence-electron chi connectivity index (χ0n) is 10.8. The molecule has 108 valence electrons. The van der Waals surface area contributed by atoms with Crippen molar-refractivity contribution >= 4 is 45.8 Å². The quantitative estimate of drug-likeness (QED) is 0.592. The molecule has 1 heterocycles. The first-order valence-corrected chi connectivity index (χ1v) is 7.52. The fourth-order valence-electron chi connectivity index (χ4n) is 2.22. The van der Waals surface area contributed by atoms with E-state index in [1.165, 1.54) is 12.1 Å². The van der Waals surface area contributed by atoms with Crippen molar-refractivity contribution in [1.82, 2.24) is 9.55 Å². The van der Waals surface area contributed by atoms with E-state index in [9.17, 15) is 4.39 Å². The molecule has 0 radical (unpaired) electrons. The van der Waals surface area contributed by atoms with Gasteiger partial charge in [-0.15, -0.1) is 11.6 Å². The Labute approximate surface area is 136 Å². The number of fused-ring (bicyclic) bond motifs is 1. The third-order valence-corrected chi connectivity index (χ3v) is 4.20. The first-order chi connectivity index (χ1) is 10.1. The first kappa shape index (κ1) is 14.6. The molecule has 0 aliphatic heterocycles. The number of imidazole rings is 1. The molecule has 2 nitrogen and oxygen atoms in total. The van der Waals surface area contributed by atoms with Crippen LogP contribution in [-0.2, 0) is 12.4 Å². The minimum absolute atomic E-state index is 0.262. The average Bonchev–Trinajstić information content (AvgIpc) is 2.79. The van der Waals surface area contributed by atoms with Crippen LogP contribution in [-0.4, -0.2) is 9.55 Å². The second-order valence-electron chi connectivity index (χ2n) is 4.63. The highest BCUT2D eigenvalue weighted by molar-refractivity contribution is 6.42. The molecule has 0 fully saturated rings. The van der Waals surface area contributed by atoms with Crippen LogP contribution in [0.5, 0.6) is 0 Å². The highest BCUT2D eigenvalue weighted by atomic mass is 35.5. The summed E-state index contributed by atoms with van der Waals surface area (Å²) in [4.78, 5) is 4.46. The molecule has 0 aliphatic carbocycles. The molecule has 0 atom stereocenters. The average molecular weight is 344 g/mol. The fraction of sp³-hybridized carbons (Fsp3) is 0.133. The normalized spacial score (nSPS) is 11.2. The van der Waals surface area contributed by atoms with Gasteiger partial charge in [0.25, 0.3) is 0 Å². The van der Waals surface area contributed by atoms with Crippen molar-refractivity contribution < 1.29 is 4.39 Å². The summed E-state index contributed by atoms with van der Waals surface area (Å²) in [5.74, 6) is 0.724. The topological polar surface area (TPSA) is 17.8 Å². The molecule has 0 bridgehead atoms. The maximum atomic E-state index is 13.0. The smallest absolute Gasteiger partial charge is 0.125 e. The number of rotatable bonds is 3. The zero-order valence-corrected chi connectivity index (χ0v) is 13.1. The van der Waals surface area contributed by atoms with Gasteiger partial charge in [0, 0.05) is 6.54 Å². The van der Waals surface area contributed by atoms with Crippen molar-refractivity contribution in [3.8, 4) is 0 Å². The second kappa shape index (κ2) is 5.84. The molecule has 6 heteroatoms. The van der Waals surface area contributed by atoms with Crippen LogP contribution in [0.2, 0.25) is 10.0 Å². The predicted octanol–water partition coefficient (Wildman–Crippen LogP) is 5.27. The summed E-state index contributed by atoms with van der Waals surface area (Å²) in [7, 11) is 0. The lowest BCUT2D eigenvalue weighted by atomic mass is 10.2. The van der Waals surface area contributed by atoms with Crippen LogP contribution in [0.1, 0.15) is 11.4 Å². The van der Waals surface area contributed by atoms with Gasteiger partial charge in [-0.3, -0.25) is 0 Å². The van der Waals surface area contributed by atoms with Gasteiger partial charge in [-0.2, -0.15) is 0 Å². The summed E-state index contributed by atoms with van der Waals surface area (Å²) in [5.41, 5.74) is 2.54. The third-order valence-electron chi connectivity index (χ3n) is 3.24. The van der Waals surface area contributed by atoms with Gasteiger partial charge in [-0.25, -0.2) is 9.37 Å². The van der Waals surface area contributed by atoms with E-state index >= 15 is 0 Å². The summed E-state index contributed by atoms with van der Waals surface area (Å²) < 4.78 is 14.9. The highest BCUT2D eigenvalue weighted by Gasteiger charge is 2.13. The Morgan fingerprint density at radius 1 is 1.05 bits per heavy atom. The van der Waals surface area contributed by atoms with E-state index in [1.807, 2.05) is 4.57 Å². The van der Waals surface area contributed by atoms with Crippen LogP contribution >= 0.6 is 34.8 Å².